The number of piperidine rings is 1. The Morgan fingerprint density at radius 3 is 2.47 bits per heavy atom. The Kier molecular flexibility index (Phi) is 3.88. The zero-order chi connectivity index (χ0) is 14.2. The number of fused-ring (bicyclic) bond motifs is 1. The highest BCUT2D eigenvalue weighted by molar-refractivity contribution is 5.96. The summed E-state index contributed by atoms with van der Waals surface area (Å²) in [5.74, 6) is 0.300. The van der Waals surface area contributed by atoms with Crippen molar-refractivity contribution in [1.29, 1.82) is 0 Å². The van der Waals surface area contributed by atoms with Crippen molar-refractivity contribution in [2.75, 3.05) is 13.1 Å². The minimum Gasteiger partial charge on any atom is -0.329 e. The molecule has 2 saturated heterocycles. The molecule has 0 bridgehead atoms. The molecule has 0 aromatic rings. The first-order valence-electron chi connectivity index (χ1n) is 7.42. The third-order valence-corrected chi connectivity index (χ3v) is 4.28. The molecule has 4 nitrogen and oxygen atoms in total. The number of piperazine rings is 1. The first-order chi connectivity index (χ1) is 8.81. The van der Waals surface area contributed by atoms with Crippen molar-refractivity contribution in [3.8, 4) is 0 Å². The van der Waals surface area contributed by atoms with E-state index >= 15 is 0 Å². The van der Waals surface area contributed by atoms with Gasteiger partial charge in [0.05, 0.1) is 0 Å². The predicted molar refractivity (Wildman–Crippen MR) is 74.6 cm³/mol. The first kappa shape index (κ1) is 14.4. The molecule has 0 aliphatic carbocycles. The van der Waals surface area contributed by atoms with Gasteiger partial charge in [0, 0.05) is 13.1 Å². The molecule has 19 heavy (non-hydrogen) atoms. The summed E-state index contributed by atoms with van der Waals surface area (Å²) in [6.07, 6.45) is 3.86. The lowest BCUT2D eigenvalue weighted by Gasteiger charge is -2.46. The Bertz CT molecular complexity index is 373. The summed E-state index contributed by atoms with van der Waals surface area (Å²) >= 11 is 0. The van der Waals surface area contributed by atoms with E-state index in [9.17, 15) is 9.59 Å². The number of carbonyl (C=O) groups is 2. The lowest BCUT2D eigenvalue weighted by molar-refractivity contribution is -0.163. The highest BCUT2D eigenvalue weighted by Gasteiger charge is 2.44. The number of amides is 2. The fourth-order valence-electron chi connectivity index (χ4n) is 2.97. The van der Waals surface area contributed by atoms with E-state index in [2.05, 4.69) is 20.8 Å². The molecule has 2 amide bonds. The SMILES string of the molecule is CC1C(=O)N2CCCCC2C(=O)N1CCC(C)(C)C. The molecule has 108 valence electrons. The van der Waals surface area contributed by atoms with Crippen LogP contribution in [0, 0.1) is 5.41 Å². The fourth-order valence-corrected chi connectivity index (χ4v) is 2.97. The summed E-state index contributed by atoms with van der Waals surface area (Å²) < 4.78 is 0. The highest BCUT2D eigenvalue weighted by Crippen LogP contribution is 2.28. The molecule has 0 saturated carbocycles. The van der Waals surface area contributed by atoms with E-state index < -0.39 is 0 Å². The zero-order valence-corrected chi connectivity index (χ0v) is 12.6. The number of carbonyl (C=O) groups excluding carboxylic acids is 2. The Morgan fingerprint density at radius 2 is 1.84 bits per heavy atom. The maximum atomic E-state index is 12.6. The molecule has 4 heteroatoms. The van der Waals surface area contributed by atoms with Crippen LogP contribution in [0.5, 0.6) is 0 Å². The summed E-state index contributed by atoms with van der Waals surface area (Å²) in [5.41, 5.74) is 0.187. The standard InChI is InChI=1S/C15H26N2O2/c1-11-13(18)17-9-6-5-7-12(17)14(19)16(11)10-8-15(2,3)4/h11-12H,5-10H2,1-4H3. The molecule has 2 rings (SSSR count). The first-order valence-corrected chi connectivity index (χ1v) is 7.42. The van der Waals surface area contributed by atoms with Crippen LogP contribution < -0.4 is 0 Å². The molecule has 2 aliphatic heterocycles. The van der Waals surface area contributed by atoms with Crippen molar-refractivity contribution < 1.29 is 9.59 Å². The van der Waals surface area contributed by atoms with Gasteiger partial charge in [-0.1, -0.05) is 20.8 Å². The van der Waals surface area contributed by atoms with Crippen LogP contribution in [0.1, 0.15) is 53.4 Å². The number of hydrogen-bond acceptors (Lipinski definition) is 2. The predicted octanol–water partition coefficient (Wildman–Crippen LogP) is 2.03. The van der Waals surface area contributed by atoms with E-state index in [-0.39, 0.29) is 29.3 Å². The van der Waals surface area contributed by atoms with E-state index in [0.29, 0.717) is 6.54 Å². The molecule has 0 radical (unpaired) electrons. The van der Waals surface area contributed by atoms with Crippen molar-refractivity contribution in [3.05, 3.63) is 0 Å². The molecule has 2 atom stereocenters. The van der Waals surface area contributed by atoms with Crippen molar-refractivity contribution >= 4 is 11.8 Å². The highest BCUT2D eigenvalue weighted by atomic mass is 16.2. The van der Waals surface area contributed by atoms with E-state index in [1.54, 1.807) is 4.90 Å². The maximum absolute atomic E-state index is 12.6. The van der Waals surface area contributed by atoms with E-state index in [1.807, 2.05) is 11.8 Å². The normalized spacial score (nSPS) is 28.6. The van der Waals surface area contributed by atoms with Crippen LogP contribution in [0.4, 0.5) is 0 Å². The molecule has 0 aromatic carbocycles. The number of rotatable bonds is 2. The summed E-state index contributed by atoms with van der Waals surface area (Å²) in [4.78, 5) is 28.6. The van der Waals surface area contributed by atoms with Gasteiger partial charge in [-0.2, -0.15) is 0 Å². The van der Waals surface area contributed by atoms with Gasteiger partial charge in [-0.25, -0.2) is 0 Å². The topological polar surface area (TPSA) is 40.6 Å². The number of nitrogens with zero attached hydrogens (tertiary/aromatic N) is 2. The van der Waals surface area contributed by atoms with Gasteiger partial charge in [-0.3, -0.25) is 9.59 Å². The van der Waals surface area contributed by atoms with Crippen molar-refractivity contribution in [2.45, 2.75) is 65.5 Å². The fraction of sp³-hybridized carbons (Fsp3) is 0.867. The van der Waals surface area contributed by atoms with Gasteiger partial charge in [-0.05, 0) is 38.0 Å². The minimum atomic E-state index is -0.288. The second kappa shape index (κ2) is 5.14. The van der Waals surface area contributed by atoms with Gasteiger partial charge in [0.1, 0.15) is 12.1 Å². The zero-order valence-electron chi connectivity index (χ0n) is 12.6. The molecule has 2 aliphatic rings. The van der Waals surface area contributed by atoms with Gasteiger partial charge in [-0.15, -0.1) is 0 Å². The molecule has 2 fully saturated rings. The third kappa shape index (κ3) is 2.93. The van der Waals surface area contributed by atoms with Crippen LogP contribution in [0.3, 0.4) is 0 Å². The Hall–Kier alpha value is -1.06. The second-order valence-corrected chi connectivity index (χ2v) is 7.06. The van der Waals surface area contributed by atoms with Gasteiger partial charge >= 0.3 is 0 Å². The van der Waals surface area contributed by atoms with Gasteiger partial charge < -0.3 is 9.80 Å². The lowest BCUT2D eigenvalue weighted by Crippen LogP contribution is -2.65. The van der Waals surface area contributed by atoms with Gasteiger partial charge in [0.25, 0.3) is 0 Å². The van der Waals surface area contributed by atoms with E-state index in [1.165, 1.54) is 0 Å². The molecule has 0 N–H and O–H groups in total. The van der Waals surface area contributed by atoms with Crippen LogP contribution >= 0.6 is 0 Å². The summed E-state index contributed by atoms with van der Waals surface area (Å²) in [5, 5.41) is 0. The third-order valence-electron chi connectivity index (χ3n) is 4.28. The van der Waals surface area contributed by atoms with Crippen LogP contribution in [0.25, 0.3) is 0 Å². The van der Waals surface area contributed by atoms with E-state index in [4.69, 9.17) is 0 Å². The van der Waals surface area contributed by atoms with E-state index in [0.717, 1.165) is 32.2 Å². The van der Waals surface area contributed by atoms with Crippen molar-refractivity contribution in [2.24, 2.45) is 5.41 Å². The monoisotopic (exact) mass is 266 g/mol. The average molecular weight is 266 g/mol. The Balaban J connectivity index is 2.11. The molecule has 2 heterocycles. The quantitative estimate of drug-likeness (QED) is 0.767. The van der Waals surface area contributed by atoms with Crippen molar-refractivity contribution in [3.63, 3.8) is 0 Å². The summed E-state index contributed by atoms with van der Waals surface area (Å²) in [6, 6.07) is -0.471. The summed E-state index contributed by atoms with van der Waals surface area (Å²) in [6.45, 7) is 9.82. The maximum Gasteiger partial charge on any atom is 0.246 e. The largest absolute Gasteiger partial charge is 0.329 e. The van der Waals surface area contributed by atoms with Crippen LogP contribution in [-0.4, -0.2) is 46.8 Å². The van der Waals surface area contributed by atoms with Crippen LogP contribution in [0.2, 0.25) is 0 Å². The molecule has 0 aromatic heterocycles. The van der Waals surface area contributed by atoms with Crippen LogP contribution in [-0.2, 0) is 9.59 Å². The average Bonchev–Trinajstić information content (AvgIpc) is 2.35. The molecule has 2 unspecified atom stereocenters. The molecule has 0 spiro atoms. The van der Waals surface area contributed by atoms with Gasteiger partial charge in [0.15, 0.2) is 0 Å². The molecular formula is C15H26N2O2. The smallest absolute Gasteiger partial charge is 0.246 e. The second-order valence-electron chi connectivity index (χ2n) is 7.06. The summed E-state index contributed by atoms with van der Waals surface area (Å²) in [7, 11) is 0. The van der Waals surface area contributed by atoms with Crippen molar-refractivity contribution in [1.82, 2.24) is 9.80 Å². The van der Waals surface area contributed by atoms with Gasteiger partial charge in [0.2, 0.25) is 11.8 Å². The Labute approximate surface area is 116 Å². The molecular weight excluding hydrogens is 240 g/mol. The van der Waals surface area contributed by atoms with Crippen LogP contribution in [0.15, 0.2) is 0 Å². The minimum absolute atomic E-state index is 0.137. The lowest BCUT2D eigenvalue weighted by atomic mass is 9.90. The Morgan fingerprint density at radius 1 is 1.16 bits per heavy atom. The number of hydrogen-bond donors (Lipinski definition) is 0.